The number of carbonyl (C=O) groups is 1. The third kappa shape index (κ3) is 5.04. The van der Waals surface area contributed by atoms with Crippen LogP contribution in [0.2, 0.25) is 10.0 Å². The molecule has 0 bridgehead atoms. The van der Waals surface area contributed by atoms with E-state index in [0.717, 1.165) is 16.1 Å². The summed E-state index contributed by atoms with van der Waals surface area (Å²) >= 11 is 12.3. The maximum absolute atomic E-state index is 11.0. The topological polar surface area (TPSA) is 59.6 Å². The standard InChI is InChI=1S/C19H20Cl2N2O3/c1-12(14-3-2-4-15(20)8-14)22-9-13-5-6-17(21)18(7-13)25-11-16-10-23-19(24)26-16/h2-8,12,16,22H,9-11H2,1H3,(H,23,24)/t12-,16?/m1/s1. The van der Waals surface area contributed by atoms with Crippen molar-refractivity contribution in [2.24, 2.45) is 0 Å². The quantitative estimate of drug-likeness (QED) is 0.733. The highest BCUT2D eigenvalue weighted by Crippen LogP contribution is 2.26. The first-order valence-electron chi connectivity index (χ1n) is 8.36. The van der Waals surface area contributed by atoms with E-state index in [1.54, 1.807) is 6.07 Å². The van der Waals surface area contributed by atoms with E-state index in [-0.39, 0.29) is 18.8 Å². The molecule has 0 aromatic heterocycles. The van der Waals surface area contributed by atoms with Crippen molar-refractivity contribution in [1.82, 2.24) is 10.6 Å². The zero-order chi connectivity index (χ0) is 18.5. The molecular weight excluding hydrogens is 375 g/mol. The van der Waals surface area contributed by atoms with Crippen LogP contribution >= 0.6 is 23.2 Å². The van der Waals surface area contributed by atoms with Crippen molar-refractivity contribution in [1.29, 1.82) is 0 Å². The number of carbonyl (C=O) groups excluding carboxylic acids is 1. The first-order valence-corrected chi connectivity index (χ1v) is 9.11. The van der Waals surface area contributed by atoms with Crippen LogP contribution in [-0.2, 0) is 11.3 Å². The average molecular weight is 395 g/mol. The van der Waals surface area contributed by atoms with Crippen molar-refractivity contribution in [3.8, 4) is 5.75 Å². The molecule has 1 aliphatic rings. The molecule has 1 saturated heterocycles. The van der Waals surface area contributed by atoms with Gasteiger partial charge in [0.25, 0.3) is 0 Å². The Balaban J connectivity index is 1.57. The summed E-state index contributed by atoms with van der Waals surface area (Å²) in [5.41, 5.74) is 2.17. The Morgan fingerprint density at radius 1 is 1.31 bits per heavy atom. The molecule has 3 rings (SSSR count). The second-order valence-corrected chi connectivity index (χ2v) is 6.99. The molecule has 0 spiro atoms. The highest BCUT2D eigenvalue weighted by atomic mass is 35.5. The lowest BCUT2D eigenvalue weighted by Gasteiger charge is -2.16. The van der Waals surface area contributed by atoms with Gasteiger partial charge in [-0.2, -0.15) is 0 Å². The van der Waals surface area contributed by atoms with Gasteiger partial charge in [0.2, 0.25) is 0 Å². The number of benzene rings is 2. The minimum atomic E-state index is -0.419. The Hall–Kier alpha value is -1.95. The van der Waals surface area contributed by atoms with E-state index in [1.807, 2.05) is 36.4 Å². The number of ether oxygens (including phenoxy) is 2. The fourth-order valence-electron chi connectivity index (χ4n) is 2.64. The Bertz CT molecular complexity index is 785. The van der Waals surface area contributed by atoms with Crippen LogP contribution < -0.4 is 15.4 Å². The molecule has 5 nitrogen and oxygen atoms in total. The Kier molecular flexibility index (Phi) is 6.25. The summed E-state index contributed by atoms with van der Waals surface area (Å²) in [6.45, 7) is 3.44. The van der Waals surface area contributed by atoms with Crippen molar-refractivity contribution in [3.63, 3.8) is 0 Å². The predicted molar refractivity (Wildman–Crippen MR) is 102 cm³/mol. The van der Waals surface area contributed by atoms with Crippen LogP contribution in [0.3, 0.4) is 0 Å². The van der Waals surface area contributed by atoms with E-state index in [1.165, 1.54) is 0 Å². The molecule has 7 heteroatoms. The smallest absolute Gasteiger partial charge is 0.407 e. The summed E-state index contributed by atoms with van der Waals surface area (Å²) in [6.07, 6.45) is -0.721. The second kappa shape index (κ2) is 8.62. The minimum Gasteiger partial charge on any atom is -0.488 e. The lowest BCUT2D eigenvalue weighted by molar-refractivity contribution is 0.105. The molecule has 26 heavy (non-hydrogen) atoms. The molecule has 2 N–H and O–H groups in total. The fourth-order valence-corrected chi connectivity index (χ4v) is 3.01. The van der Waals surface area contributed by atoms with Crippen molar-refractivity contribution >= 4 is 29.3 Å². The van der Waals surface area contributed by atoms with Gasteiger partial charge >= 0.3 is 6.09 Å². The summed E-state index contributed by atoms with van der Waals surface area (Å²) in [6, 6.07) is 13.6. The maximum Gasteiger partial charge on any atom is 0.407 e. The summed E-state index contributed by atoms with van der Waals surface area (Å²) in [7, 11) is 0. The highest BCUT2D eigenvalue weighted by Gasteiger charge is 2.23. The van der Waals surface area contributed by atoms with Crippen LogP contribution in [0, 0.1) is 0 Å². The predicted octanol–water partition coefficient (Wildman–Crippen LogP) is 4.33. The van der Waals surface area contributed by atoms with Gasteiger partial charge < -0.3 is 20.1 Å². The third-order valence-corrected chi connectivity index (χ3v) is 4.68. The largest absolute Gasteiger partial charge is 0.488 e. The van der Waals surface area contributed by atoms with E-state index in [2.05, 4.69) is 17.6 Å². The maximum atomic E-state index is 11.0. The summed E-state index contributed by atoms with van der Waals surface area (Å²) < 4.78 is 10.8. The molecular formula is C19H20Cl2N2O3. The first kappa shape index (κ1) is 18.8. The molecule has 1 heterocycles. The molecule has 2 atom stereocenters. The summed E-state index contributed by atoms with van der Waals surface area (Å²) in [5, 5.41) is 7.29. The van der Waals surface area contributed by atoms with Crippen molar-refractivity contribution in [3.05, 3.63) is 63.6 Å². The molecule has 1 unspecified atom stereocenters. The van der Waals surface area contributed by atoms with Crippen LogP contribution in [0.15, 0.2) is 42.5 Å². The van der Waals surface area contributed by atoms with Crippen molar-refractivity contribution in [2.45, 2.75) is 25.6 Å². The highest BCUT2D eigenvalue weighted by molar-refractivity contribution is 6.32. The zero-order valence-electron chi connectivity index (χ0n) is 14.3. The van der Waals surface area contributed by atoms with Gasteiger partial charge in [0, 0.05) is 17.6 Å². The van der Waals surface area contributed by atoms with E-state index in [9.17, 15) is 4.79 Å². The fraction of sp³-hybridized carbons (Fsp3) is 0.316. The molecule has 138 valence electrons. The molecule has 1 aliphatic heterocycles. The number of rotatable bonds is 7. The SMILES string of the molecule is C[C@@H](NCc1ccc(Cl)c(OCC2CNC(=O)O2)c1)c1cccc(Cl)c1. The van der Waals surface area contributed by atoms with E-state index >= 15 is 0 Å². The number of hydrogen-bond acceptors (Lipinski definition) is 4. The van der Waals surface area contributed by atoms with Gasteiger partial charge in [-0.25, -0.2) is 4.79 Å². The molecule has 0 radical (unpaired) electrons. The van der Waals surface area contributed by atoms with Gasteiger partial charge in [0.15, 0.2) is 6.10 Å². The Morgan fingerprint density at radius 2 is 2.15 bits per heavy atom. The lowest BCUT2D eigenvalue weighted by Crippen LogP contribution is -2.22. The van der Waals surface area contributed by atoms with Gasteiger partial charge in [-0.05, 0) is 42.3 Å². The molecule has 1 amide bonds. The number of halogens is 2. The number of amides is 1. The van der Waals surface area contributed by atoms with E-state index in [0.29, 0.717) is 23.9 Å². The Morgan fingerprint density at radius 3 is 2.88 bits per heavy atom. The summed E-state index contributed by atoms with van der Waals surface area (Å²) in [4.78, 5) is 11.0. The monoisotopic (exact) mass is 394 g/mol. The molecule has 0 aliphatic carbocycles. The second-order valence-electron chi connectivity index (χ2n) is 6.14. The molecule has 0 saturated carbocycles. The average Bonchev–Trinajstić information content (AvgIpc) is 3.05. The van der Waals surface area contributed by atoms with E-state index < -0.39 is 6.09 Å². The van der Waals surface area contributed by atoms with Crippen LogP contribution in [-0.4, -0.2) is 25.3 Å². The van der Waals surface area contributed by atoms with Gasteiger partial charge in [0.1, 0.15) is 12.4 Å². The van der Waals surface area contributed by atoms with E-state index in [4.69, 9.17) is 32.7 Å². The number of alkyl carbamates (subject to hydrolysis) is 1. The molecule has 2 aromatic rings. The van der Waals surface area contributed by atoms with Gasteiger partial charge in [-0.3, -0.25) is 0 Å². The minimum absolute atomic E-state index is 0.151. The number of nitrogens with one attached hydrogen (secondary N) is 2. The lowest BCUT2D eigenvalue weighted by atomic mass is 10.1. The molecule has 1 fully saturated rings. The van der Waals surface area contributed by atoms with Crippen LogP contribution in [0.1, 0.15) is 24.1 Å². The number of cyclic esters (lactones) is 1. The van der Waals surface area contributed by atoms with Gasteiger partial charge in [-0.1, -0.05) is 41.4 Å². The first-order chi connectivity index (χ1) is 12.5. The van der Waals surface area contributed by atoms with Gasteiger partial charge in [-0.15, -0.1) is 0 Å². The third-order valence-electron chi connectivity index (χ3n) is 4.13. The normalized spacial score (nSPS) is 17.5. The van der Waals surface area contributed by atoms with Crippen LogP contribution in [0.5, 0.6) is 5.75 Å². The zero-order valence-corrected chi connectivity index (χ0v) is 15.8. The summed E-state index contributed by atoms with van der Waals surface area (Å²) in [5.74, 6) is 0.573. The Labute approximate surface area is 162 Å². The number of hydrogen-bond donors (Lipinski definition) is 2. The van der Waals surface area contributed by atoms with Crippen LogP contribution in [0.25, 0.3) is 0 Å². The van der Waals surface area contributed by atoms with Crippen molar-refractivity contribution < 1.29 is 14.3 Å². The van der Waals surface area contributed by atoms with Gasteiger partial charge in [0.05, 0.1) is 11.6 Å². The molecule has 2 aromatic carbocycles. The van der Waals surface area contributed by atoms with Crippen molar-refractivity contribution in [2.75, 3.05) is 13.2 Å². The van der Waals surface area contributed by atoms with Crippen LogP contribution in [0.4, 0.5) is 4.79 Å².